The molecule has 0 atom stereocenters. The number of aromatic nitrogens is 2. The average Bonchev–Trinajstić information content (AvgIpc) is 3.32. The van der Waals surface area contributed by atoms with Gasteiger partial charge in [0.25, 0.3) is 0 Å². The van der Waals surface area contributed by atoms with Gasteiger partial charge in [0, 0.05) is 60.4 Å². The van der Waals surface area contributed by atoms with Crippen molar-refractivity contribution in [1.29, 1.82) is 0 Å². The Morgan fingerprint density at radius 2 is 1.76 bits per heavy atom. The van der Waals surface area contributed by atoms with Crippen LogP contribution in [0, 0.1) is 5.82 Å². The van der Waals surface area contributed by atoms with Gasteiger partial charge < -0.3 is 15.1 Å². The molecule has 0 radical (unpaired) electrons. The number of fused-ring (bicyclic) bond motifs is 2. The first-order valence-corrected chi connectivity index (χ1v) is 12.2. The lowest BCUT2D eigenvalue weighted by Gasteiger charge is -2.34. The van der Waals surface area contributed by atoms with E-state index in [-0.39, 0.29) is 5.82 Å². The fourth-order valence-electron chi connectivity index (χ4n) is 4.51. The molecule has 0 spiro atoms. The smallest absolute Gasteiger partial charge is 0.133 e. The summed E-state index contributed by atoms with van der Waals surface area (Å²) in [6.07, 6.45) is 1.79. The molecule has 1 N–H and O–H groups in total. The Bertz CT molecular complexity index is 1490. The van der Waals surface area contributed by atoms with Gasteiger partial charge in [0.05, 0.1) is 21.2 Å². The fraction of sp³-hybridized carbons (Fsp3) is 0.185. The van der Waals surface area contributed by atoms with Gasteiger partial charge in [-0.25, -0.2) is 9.37 Å². The molecule has 0 amide bonds. The maximum Gasteiger partial charge on any atom is 0.133 e. The van der Waals surface area contributed by atoms with E-state index in [0.717, 1.165) is 69.9 Å². The minimum absolute atomic E-state index is 0.205. The van der Waals surface area contributed by atoms with Crippen molar-refractivity contribution in [1.82, 2.24) is 14.9 Å². The van der Waals surface area contributed by atoms with Crippen LogP contribution in [-0.2, 0) is 0 Å². The van der Waals surface area contributed by atoms with Crippen LogP contribution in [0.1, 0.15) is 0 Å². The van der Waals surface area contributed by atoms with Crippen molar-refractivity contribution in [2.24, 2.45) is 0 Å². The van der Waals surface area contributed by atoms with E-state index in [1.165, 1.54) is 0 Å². The SMILES string of the molecule is CN1CCN(c2ccc(-c3ccc4nccc(Nc5ccc6scnc6c5)c4c3)c(F)c2)CC1. The second kappa shape index (κ2) is 8.66. The Kier molecular flexibility index (Phi) is 5.36. The number of hydrogen-bond donors (Lipinski definition) is 1. The summed E-state index contributed by atoms with van der Waals surface area (Å²) >= 11 is 1.63. The van der Waals surface area contributed by atoms with Crippen LogP contribution in [0.4, 0.5) is 21.5 Å². The number of piperazine rings is 1. The molecular formula is C27H24FN5S. The molecule has 1 saturated heterocycles. The molecule has 7 heteroatoms. The second-order valence-electron chi connectivity index (χ2n) is 8.70. The summed E-state index contributed by atoms with van der Waals surface area (Å²) in [5.74, 6) is -0.205. The molecular weight excluding hydrogens is 445 g/mol. The van der Waals surface area contributed by atoms with Crippen molar-refractivity contribution in [3.05, 3.63) is 78.2 Å². The molecule has 34 heavy (non-hydrogen) atoms. The van der Waals surface area contributed by atoms with Crippen molar-refractivity contribution in [3.63, 3.8) is 0 Å². The first-order valence-electron chi connectivity index (χ1n) is 11.4. The summed E-state index contributed by atoms with van der Waals surface area (Å²) in [6.45, 7) is 3.82. The lowest BCUT2D eigenvalue weighted by atomic mass is 10.0. The zero-order valence-electron chi connectivity index (χ0n) is 18.8. The molecule has 3 heterocycles. The molecule has 1 aliphatic rings. The number of benzene rings is 3. The van der Waals surface area contributed by atoms with Crippen LogP contribution in [-0.4, -0.2) is 48.1 Å². The van der Waals surface area contributed by atoms with E-state index in [9.17, 15) is 0 Å². The molecule has 2 aromatic heterocycles. The first kappa shape index (κ1) is 21.0. The van der Waals surface area contributed by atoms with Crippen molar-refractivity contribution >= 4 is 49.5 Å². The molecule has 5 nitrogen and oxygen atoms in total. The standard InChI is InChI=1S/C27H24FN5S/c1-32-10-12-33(13-11-32)20-4-5-21(23(28)16-20)18-2-6-24-22(14-18)25(8-9-29-24)31-19-3-7-27-26(15-19)30-17-34-27/h2-9,14-17H,10-13H2,1H3,(H,29,31). The Labute approximate surface area is 201 Å². The summed E-state index contributed by atoms with van der Waals surface area (Å²) in [5.41, 5.74) is 7.94. The predicted molar refractivity (Wildman–Crippen MR) is 140 cm³/mol. The highest BCUT2D eigenvalue weighted by molar-refractivity contribution is 7.16. The number of likely N-dealkylation sites (N-methyl/N-ethyl adjacent to an activating group) is 1. The van der Waals surface area contributed by atoms with Crippen molar-refractivity contribution in [2.45, 2.75) is 0 Å². The van der Waals surface area contributed by atoms with Gasteiger partial charge in [0.15, 0.2) is 0 Å². The number of hydrogen-bond acceptors (Lipinski definition) is 6. The fourth-order valence-corrected chi connectivity index (χ4v) is 5.17. The third-order valence-corrected chi connectivity index (χ3v) is 7.29. The molecule has 0 saturated carbocycles. The zero-order chi connectivity index (χ0) is 23.1. The number of pyridine rings is 1. The van der Waals surface area contributed by atoms with Crippen molar-refractivity contribution < 1.29 is 4.39 Å². The van der Waals surface area contributed by atoms with Crippen LogP contribution < -0.4 is 10.2 Å². The van der Waals surface area contributed by atoms with E-state index in [4.69, 9.17) is 0 Å². The van der Waals surface area contributed by atoms with E-state index in [1.54, 1.807) is 23.6 Å². The molecule has 0 bridgehead atoms. The summed E-state index contributed by atoms with van der Waals surface area (Å²) in [6, 6.07) is 19.6. The topological polar surface area (TPSA) is 44.3 Å². The molecule has 1 aliphatic heterocycles. The maximum atomic E-state index is 15.3. The Morgan fingerprint density at radius 3 is 2.62 bits per heavy atom. The van der Waals surface area contributed by atoms with E-state index >= 15 is 4.39 Å². The third kappa shape index (κ3) is 3.97. The average molecular weight is 470 g/mol. The van der Waals surface area contributed by atoms with Gasteiger partial charge in [-0.1, -0.05) is 6.07 Å². The quantitative estimate of drug-likeness (QED) is 0.342. The normalized spacial score (nSPS) is 14.7. The molecule has 0 aliphatic carbocycles. The van der Waals surface area contributed by atoms with Crippen molar-refractivity contribution in [3.8, 4) is 11.1 Å². The predicted octanol–water partition coefficient (Wildman–Crippen LogP) is 6.15. The van der Waals surface area contributed by atoms with Gasteiger partial charge >= 0.3 is 0 Å². The number of halogens is 1. The summed E-state index contributed by atoms with van der Waals surface area (Å²) < 4.78 is 16.4. The molecule has 1 fully saturated rings. The number of rotatable bonds is 4. The first-order chi connectivity index (χ1) is 16.6. The monoisotopic (exact) mass is 469 g/mol. The van der Waals surface area contributed by atoms with Crippen molar-refractivity contribution in [2.75, 3.05) is 43.4 Å². The minimum Gasteiger partial charge on any atom is -0.369 e. The zero-order valence-corrected chi connectivity index (χ0v) is 19.6. The highest BCUT2D eigenvalue weighted by Gasteiger charge is 2.16. The highest BCUT2D eigenvalue weighted by Crippen LogP contribution is 2.33. The van der Waals surface area contributed by atoms with Crippen LogP contribution in [0.25, 0.3) is 32.2 Å². The lowest BCUT2D eigenvalue weighted by Crippen LogP contribution is -2.44. The van der Waals surface area contributed by atoms with E-state index in [0.29, 0.717) is 5.56 Å². The van der Waals surface area contributed by atoms with E-state index in [1.807, 2.05) is 54.0 Å². The van der Waals surface area contributed by atoms with Gasteiger partial charge in [-0.15, -0.1) is 11.3 Å². The summed E-state index contributed by atoms with van der Waals surface area (Å²) in [4.78, 5) is 13.5. The number of anilines is 3. The third-order valence-electron chi connectivity index (χ3n) is 6.48. The summed E-state index contributed by atoms with van der Waals surface area (Å²) in [5, 5.41) is 4.44. The molecule has 3 aromatic carbocycles. The largest absolute Gasteiger partial charge is 0.369 e. The number of nitrogens with zero attached hydrogens (tertiary/aromatic N) is 4. The van der Waals surface area contributed by atoms with Gasteiger partial charge in [0.2, 0.25) is 0 Å². The van der Waals surface area contributed by atoms with Crippen LogP contribution >= 0.6 is 11.3 Å². The highest BCUT2D eigenvalue weighted by atomic mass is 32.1. The minimum atomic E-state index is -0.205. The molecule has 0 unspecified atom stereocenters. The Balaban J connectivity index is 1.33. The lowest BCUT2D eigenvalue weighted by molar-refractivity contribution is 0.313. The van der Waals surface area contributed by atoms with Gasteiger partial charge in [0.1, 0.15) is 5.82 Å². The van der Waals surface area contributed by atoms with Crippen LogP contribution in [0.15, 0.2) is 72.4 Å². The van der Waals surface area contributed by atoms with Gasteiger partial charge in [-0.05, 0) is 67.2 Å². The van der Waals surface area contributed by atoms with E-state index in [2.05, 4.69) is 38.2 Å². The van der Waals surface area contributed by atoms with Crippen LogP contribution in [0.2, 0.25) is 0 Å². The van der Waals surface area contributed by atoms with Gasteiger partial charge in [-0.2, -0.15) is 0 Å². The molecule has 6 rings (SSSR count). The maximum absolute atomic E-state index is 15.3. The Morgan fingerprint density at radius 1 is 0.882 bits per heavy atom. The van der Waals surface area contributed by atoms with Gasteiger partial charge in [-0.3, -0.25) is 4.98 Å². The Hall–Kier alpha value is -3.55. The second-order valence-corrected chi connectivity index (χ2v) is 9.59. The summed E-state index contributed by atoms with van der Waals surface area (Å²) in [7, 11) is 2.12. The van der Waals surface area contributed by atoms with Crippen LogP contribution in [0.3, 0.4) is 0 Å². The molecule has 170 valence electrons. The van der Waals surface area contributed by atoms with Crippen LogP contribution in [0.5, 0.6) is 0 Å². The molecule has 5 aromatic rings. The number of thiazole rings is 1. The number of nitrogens with one attached hydrogen (secondary N) is 1. The van der Waals surface area contributed by atoms with E-state index < -0.39 is 0 Å².